The predicted octanol–water partition coefficient (Wildman–Crippen LogP) is 2.88. The standard InChI is InChI=1S/C18H18F3N3O2/c1-3-10(25)24-6-4-5-9(7-24)11-12-14(19)8(2)23-17(12)13(18(22)26)16(21)15(11)20/h3,9,23H,1,4-7H2,2H3,(H2,22,26)/t9-/m0/s1. The third-order valence-corrected chi connectivity index (χ3v) is 4.84. The maximum atomic E-state index is 14.8. The summed E-state index contributed by atoms with van der Waals surface area (Å²) in [5.74, 6) is -5.60. The highest BCUT2D eigenvalue weighted by molar-refractivity contribution is 6.06. The van der Waals surface area contributed by atoms with E-state index >= 15 is 0 Å². The van der Waals surface area contributed by atoms with Crippen molar-refractivity contribution in [2.45, 2.75) is 25.7 Å². The number of H-pyrrole nitrogens is 1. The van der Waals surface area contributed by atoms with Crippen LogP contribution in [0.3, 0.4) is 0 Å². The van der Waals surface area contributed by atoms with Gasteiger partial charge in [-0.15, -0.1) is 0 Å². The van der Waals surface area contributed by atoms with Gasteiger partial charge in [0.05, 0.1) is 5.52 Å². The zero-order valence-electron chi connectivity index (χ0n) is 14.2. The molecular formula is C18H18F3N3O2. The number of nitrogens with zero attached hydrogens (tertiary/aromatic N) is 1. The van der Waals surface area contributed by atoms with Crippen LogP contribution in [-0.2, 0) is 4.79 Å². The monoisotopic (exact) mass is 365 g/mol. The van der Waals surface area contributed by atoms with E-state index in [1.54, 1.807) is 0 Å². The van der Waals surface area contributed by atoms with Crippen LogP contribution in [0.15, 0.2) is 12.7 Å². The maximum absolute atomic E-state index is 14.8. The van der Waals surface area contributed by atoms with Gasteiger partial charge in [0.2, 0.25) is 5.91 Å². The third kappa shape index (κ3) is 2.65. The summed E-state index contributed by atoms with van der Waals surface area (Å²) in [5.41, 5.74) is 4.17. The third-order valence-electron chi connectivity index (χ3n) is 4.84. The molecule has 1 aromatic heterocycles. The molecule has 0 saturated carbocycles. The molecule has 1 aromatic carbocycles. The molecule has 0 bridgehead atoms. The number of amides is 2. The van der Waals surface area contributed by atoms with Crippen molar-refractivity contribution >= 4 is 22.7 Å². The first-order chi connectivity index (χ1) is 12.3. The second-order valence-electron chi connectivity index (χ2n) is 6.42. The first kappa shape index (κ1) is 18.0. The number of aromatic nitrogens is 1. The van der Waals surface area contributed by atoms with E-state index in [1.165, 1.54) is 11.8 Å². The smallest absolute Gasteiger partial charge is 0.253 e. The van der Waals surface area contributed by atoms with Crippen LogP contribution in [0.25, 0.3) is 10.9 Å². The lowest BCUT2D eigenvalue weighted by atomic mass is 9.86. The molecule has 0 aliphatic carbocycles. The van der Waals surface area contributed by atoms with Crippen molar-refractivity contribution in [3.8, 4) is 0 Å². The van der Waals surface area contributed by atoms with E-state index in [0.717, 1.165) is 6.08 Å². The molecule has 3 N–H and O–H groups in total. The molecule has 8 heteroatoms. The number of aromatic amines is 1. The van der Waals surface area contributed by atoms with Crippen LogP contribution in [0.4, 0.5) is 13.2 Å². The van der Waals surface area contributed by atoms with Gasteiger partial charge in [0.25, 0.3) is 5.91 Å². The Balaban J connectivity index is 2.25. The highest BCUT2D eigenvalue weighted by Gasteiger charge is 2.33. The molecule has 26 heavy (non-hydrogen) atoms. The SMILES string of the molecule is C=CC(=O)N1CCC[C@H](c2c(F)c(F)c(C(N)=O)c3[nH]c(C)c(F)c23)C1. The summed E-state index contributed by atoms with van der Waals surface area (Å²) in [7, 11) is 0. The molecule has 1 aliphatic rings. The highest BCUT2D eigenvalue weighted by Crippen LogP contribution is 2.39. The topological polar surface area (TPSA) is 79.2 Å². The average Bonchev–Trinajstić information content (AvgIpc) is 2.89. The summed E-state index contributed by atoms with van der Waals surface area (Å²) in [5, 5.41) is -0.187. The highest BCUT2D eigenvalue weighted by atomic mass is 19.2. The summed E-state index contributed by atoms with van der Waals surface area (Å²) in [6, 6.07) is 0. The van der Waals surface area contributed by atoms with Crippen molar-refractivity contribution < 1.29 is 22.8 Å². The van der Waals surface area contributed by atoms with E-state index in [1.807, 2.05) is 0 Å². The number of aryl methyl sites for hydroxylation is 1. The Hall–Kier alpha value is -2.77. The Labute approximate surface area is 147 Å². The molecule has 0 radical (unpaired) electrons. The fraction of sp³-hybridized carbons (Fsp3) is 0.333. The van der Waals surface area contributed by atoms with Gasteiger partial charge in [-0.05, 0) is 25.8 Å². The molecule has 0 spiro atoms. The lowest BCUT2D eigenvalue weighted by Gasteiger charge is -2.33. The second-order valence-corrected chi connectivity index (χ2v) is 6.42. The zero-order valence-corrected chi connectivity index (χ0v) is 14.2. The van der Waals surface area contributed by atoms with Gasteiger partial charge >= 0.3 is 0 Å². The summed E-state index contributed by atoms with van der Waals surface area (Å²) < 4.78 is 44.1. The number of carbonyl (C=O) groups excluding carboxylic acids is 2. The van der Waals surface area contributed by atoms with Crippen molar-refractivity contribution in [3.63, 3.8) is 0 Å². The number of rotatable bonds is 3. The van der Waals surface area contributed by atoms with E-state index < -0.39 is 34.8 Å². The van der Waals surface area contributed by atoms with Crippen LogP contribution in [-0.4, -0.2) is 34.8 Å². The zero-order chi connectivity index (χ0) is 19.2. The molecule has 1 aliphatic heterocycles. The summed E-state index contributed by atoms with van der Waals surface area (Å²) in [6.45, 7) is 5.39. The molecule has 1 fully saturated rings. The van der Waals surface area contributed by atoms with Crippen LogP contribution in [0.2, 0.25) is 0 Å². The van der Waals surface area contributed by atoms with E-state index in [-0.39, 0.29) is 34.6 Å². The van der Waals surface area contributed by atoms with E-state index in [0.29, 0.717) is 19.4 Å². The van der Waals surface area contributed by atoms with Crippen molar-refractivity contribution in [1.29, 1.82) is 0 Å². The van der Waals surface area contributed by atoms with Crippen LogP contribution >= 0.6 is 0 Å². The summed E-state index contributed by atoms with van der Waals surface area (Å²) in [4.78, 5) is 27.5. The van der Waals surface area contributed by atoms with Gasteiger partial charge in [-0.2, -0.15) is 0 Å². The quantitative estimate of drug-likeness (QED) is 0.821. The van der Waals surface area contributed by atoms with Gasteiger partial charge in [-0.1, -0.05) is 6.58 Å². The van der Waals surface area contributed by atoms with E-state index in [4.69, 9.17) is 5.73 Å². The predicted molar refractivity (Wildman–Crippen MR) is 90.2 cm³/mol. The number of benzene rings is 1. The number of primary amides is 1. The van der Waals surface area contributed by atoms with Crippen LogP contribution in [0.1, 0.15) is 40.4 Å². The fourth-order valence-corrected chi connectivity index (χ4v) is 3.65. The minimum Gasteiger partial charge on any atom is -0.365 e. The van der Waals surface area contributed by atoms with E-state index in [9.17, 15) is 22.8 Å². The Morgan fingerprint density at radius 3 is 2.58 bits per heavy atom. The van der Waals surface area contributed by atoms with Crippen molar-refractivity contribution in [3.05, 3.63) is 46.9 Å². The molecule has 1 atom stereocenters. The van der Waals surface area contributed by atoms with Crippen LogP contribution in [0, 0.1) is 24.4 Å². The molecule has 0 unspecified atom stereocenters. The van der Waals surface area contributed by atoms with Gasteiger partial charge in [0.1, 0.15) is 5.56 Å². The maximum Gasteiger partial charge on any atom is 0.253 e. The number of piperidine rings is 1. The van der Waals surface area contributed by atoms with Gasteiger partial charge in [-0.3, -0.25) is 9.59 Å². The number of nitrogens with two attached hydrogens (primary N) is 1. The summed E-state index contributed by atoms with van der Waals surface area (Å²) >= 11 is 0. The number of likely N-dealkylation sites (tertiary alicyclic amines) is 1. The summed E-state index contributed by atoms with van der Waals surface area (Å²) in [6.07, 6.45) is 2.15. The van der Waals surface area contributed by atoms with Crippen molar-refractivity contribution in [2.75, 3.05) is 13.1 Å². The number of hydrogen-bond acceptors (Lipinski definition) is 2. The number of carbonyl (C=O) groups is 2. The fourth-order valence-electron chi connectivity index (χ4n) is 3.65. The van der Waals surface area contributed by atoms with Crippen molar-refractivity contribution in [1.82, 2.24) is 9.88 Å². The Morgan fingerprint density at radius 2 is 1.96 bits per heavy atom. The molecule has 2 aromatic rings. The minimum absolute atomic E-state index is 0.0450. The molecule has 1 saturated heterocycles. The molecule has 2 amide bonds. The normalized spacial score (nSPS) is 17.5. The number of hydrogen-bond donors (Lipinski definition) is 2. The molecule has 3 rings (SSSR count). The number of nitrogens with one attached hydrogen (secondary N) is 1. The van der Waals surface area contributed by atoms with Crippen LogP contribution in [0.5, 0.6) is 0 Å². The minimum atomic E-state index is -1.41. The Morgan fingerprint density at radius 1 is 1.27 bits per heavy atom. The lowest BCUT2D eigenvalue weighted by molar-refractivity contribution is -0.127. The van der Waals surface area contributed by atoms with Gasteiger partial charge < -0.3 is 15.6 Å². The molecule has 5 nitrogen and oxygen atoms in total. The van der Waals surface area contributed by atoms with Gasteiger partial charge in [-0.25, -0.2) is 13.2 Å². The molecule has 138 valence electrons. The second kappa shape index (κ2) is 6.51. The average molecular weight is 365 g/mol. The van der Waals surface area contributed by atoms with Crippen LogP contribution < -0.4 is 5.73 Å². The lowest BCUT2D eigenvalue weighted by Crippen LogP contribution is -2.38. The number of fused-ring (bicyclic) bond motifs is 1. The van der Waals surface area contributed by atoms with Gasteiger partial charge in [0, 0.05) is 35.7 Å². The van der Waals surface area contributed by atoms with Gasteiger partial charge in [0.15, 0.2) is 17.5 Å². The van der Waals surface area contributed by atoms with Crippen molar-refractivity contribution in [2.24, 2.45) is 5.73 Å². The van der Waals surface area contributed by atoms with E-state index in [2.05, 4.69) is 11.6 Å². The Kier molecular flexibility index (Phi) is 4.52. The molecule has 2 heterocycles. The Bertz CT molecular complexity index is 936. The first-order valence-corrected chi connectivity index (χ1v) is 8.17. The molecular weight excluding hydrogens is 347 g/mol. The first-order valence-electron chi connectivity index (χ1n) is 8.17. The largest absolute Gasteiger partial charge is 0.365 e. The number of halogens is 3.